The zero-order valence-electron chi connectivity index (χ0n) is 24.1. The molecule has 10 heteroatoms. The van der Waals surface area contributed by atoms with Crippen molar-refractivity contribution in [3.8, 4) is 11.1 Å². The molecule has 0 radical (unpaired) electrons. The average Bonchev–Trinajstić information content (AvgIpc) is 3.14. The molecule has 0 bridgehead atoms. The van der Waals surface area contributed by atoms with Crippen LogP contribution in [0.5, 0.6) is 0 Å². The molecule has 0 aliphatic carbocycles. The van der Waals surface area contributed by atoms with E-state index in [2.05, 4.69) is 24.2 Å². The molecule has 2 heterocycles. The molecule has 0 unspecified atom stereocenters. The number of anilines is 1. The van der Waals surface area contributed by atoms with Gasteiger partial charge in [-0.3, -0.25) is 4.31 Å². The quantitative estimate of drug-likeness (QED) is 0.285. The Morgan fingerprint density at radius 1 is 1.13 bits per heavy atom. The van der Waals surface area contributed by atoms with Crippen LogP contribution in [0, 0.1) is 13.8 Å². The van der Waals surface area contributed by atoms with Crippen LogP contribution in [0.2, 0.25) is 30.7 Å². The van der Waals surface area contributed by atoms with Gasteiger partial charge in [0.1, 0.15) is 0 Å². The highest BCUT2D eigenvalue weighted by Gasteiger charge is 2.38. The van der Waals surface area contributed by atoms with Crippen LogP contribution < -0.4 is 4.31 Å². The first-order valence-electron chi connectivity index (χ1n) is 13.2. The zero-order valence-corrected chi connectivity index (χ0v) is 26.6. The van der Waals surface area contributed by atoms with Crippen molar-refractivity contribution in [3.05, 3.63) is 52.2 Å². The van der Waals surface area contributed by atoms with Crippen molar-refractivity contribution in [3.63, 3.8) is 0 Å². The number of carbonyl (C=O) groups is 1. The van der Waals surface area contributed by atoms with E-state index < -0.39 is 35.8 Å². The second-order valence-electron chi connectivity index (χ2n) is 12.6. The largest absolute Gasteiger partial charge is 0.479 e. The van der Waals surface area contributed by atoms with Crippen molar-refractivity contribution in [1.29, 1.82) is 0 Å². The first-order valence-corrected chi connectivity index (χ1v) is 18.9. The number of sulfonamides is 1. The highest BCUT2D eigenvalue weighted by atomic mass is 35.5. The molecule has 1 aromatic heterocycles. The van der Waals surface area contributed by atoms with Crippen LogP contribution in [0.4, 0.5) is 5.69 Å². The number of ether oxygens (including phenoxy) is 1. The van der Waals surface area contributed by atoms with Crippen LogP contribution in [0.3, 0.4) is 0 Å². The molecule has 0 saturated heterocycles. The first-order chi connectivity index (χ1) is 17.9. The van der Waals surface area contributed by atoms with E-state index in [1.807, 2.05) is 52.8 Å². The van der Waals surface area contributed by atoms with Crippen LogP contribution in [0.15, 0.2) is 30.3 Å². The number of rotatable bonds is 8. The summed E-state index contributed by atoms with van der Waals surface area (Å²) in [6.45, 7) is 16.6. The van der Waals surface area contributed by atoms with Gasteiger partial charge in [0, 0.05) is 36.3 Å². The third kappa shape index (κ3) is 5.92. The molecule has 0 saturated carbocycles. The number of nitrogens with zero attached hydrogens (tertiary/aromatic N) is 2. The highest BCUT2D eigenvalue weighted by molar-refractivity contribution is 7.92. The normalized spacial score (nSPS) is 15.2. The summed E-state index contributed by atoms with van der Waals surface area (Å²) in [7, 11) is -5.27. The second kappa shape index (κ2) is 10.3. The van der Waals surface area contributed by atoms with Crippen LogP contribution in [0.25, 0.3) is 22.0 Å². The molecule has 1 aliphatic rings. The summed E-state index contributed by atoms with van der Waals surface area (Å²) >= 11 is 6.21. The molecule has 1 N–H and O–H groups in total. The number of hydrogen-bond acceptors (Lipinski definition) is 4. The maximum Gasteiger partial charge on any atom is 0.337 e. The Balaban J connectivity index is 2.11. The van der Waals surface area contributed by atoms with E-state index in [4.69, 9.17) is 16.3 Å². The van der Waals surface area contributed by atoms with Crippen LogP contribution in [-0.4, -0.2) is 50.0 Å². The summed E-state index contributed by atoms with van der Waals surface area (Å²) in [5.41, 5.74) is 4.17. The summed E-state index contributed by atoms with van der Waals surface area (Å²) in [6.07, 6.45) is -1.31. The van der Waals surface area contributed by atoms with E-state index in [0.29, 0.717) is 41.0 Å². The van der Waals surface area contributed by atoms with Gasteiger partial charge in [0.25, 0.3) is 0 Å². The summed E-state index contributed by atoms with van der Waals surface area (Å²) in [5, 5.41) is 11.8. The van der Waals surface area contributed by atoms with E-state index in [-0.39, 0.29) is 5.75 Å². The minimum atomic E-state index is -3.65. The minimum absolute atomic E-state index is 0.0679. The predicted molar refractivity (Wildman–Crippen MR) is 162 cm³/mol. The zero-order chi connectivity index (χ0) is 29.1. The van der Waals surface area contributed by atoms with Crippen molar-refractivity contribution in [2.75, 3.05) is 16.6 Å². The standard InChI is InChI=1S/C29H39ClN2O5SSi/c1-18-17-22-24(20-9-11-21(30)12-10-20)23(27(28(33)34)37-29(3,4)5)19(2)25-26(22)31(18)13-14-32(25)38(35,36)15-16-39(6,7)8/h9-12,17,27H,13-16H2,1-8H3,(H,33,34)/t27-/m0/s1. The molecule has 39 heavy (non-hydrogen) atoms. The average molecular weight is 591 g/mol. The van der Waals surface area contributed by atoms with Gasteiger partial charge in [-0.05, 0) is 75.6 Å². The number of aliphatic carboxylic acids is 1. The van der Waals surface area contributed by atoms with Crippen LogP contribution in [-0.2, 0) is 26.1 Å². The molecule has 212 valence electrons. The maximum absolute atomic E-state index is 13.9. The van der Waals surface area contributed by atoms with Crippen molar-refractivity contribution < 1.29 is 23.1 Å². The molecule has 0 spiro atoms. The second-order valence-corrected chi connectivity index (χ2v) is 20.7. The van der Waals surface area contributed by atoms with Gasteiger partial charge in [-0.2, -0.15) is 0 Å². The van der Waals surface area contributed by atoms with Crippen molar-refractivity contribution >= 4 is 52.3 Å². The fourth-order valence-corrected chi connectivity index (χ4v) is 10.0. The Hall–Kier alpha value is -2.33. The molecular weight excluding hydrogens is 552 g/mol. The number of benzene rings is 2. The molecule has 1 atom stereocenters. The summed E-state index contributed by atoms with van der Waals surface area (Å²) in [6, 6.07) is 9.97. The van der Waals surface area contributed by atoms with Gasteiger partial charge in [0.2, 0.25) is 10.0 Å². The molecular formula is C29H39ClN2O5SSi. The number of halogens is 1. The van der Waals surface area contributed by atoms with E-state index in [9.17, 15) is 18.3 Å². The SMILES string of the molecule is Cc1c([C@H](OC(C)(C)C)C(=O)O)c(-c2ccc(Cl)cc2)c2cc(C)n3c2c1N(S(=O)(=O)CC[Si](C)(C)C)CC3. The van der Waals surface area contributed by atoms with Gasteiger partial charge in [0.05, 0.1) is 29.1 Å². The Morgan fingerprint density at radius 3 is 2.28 bits per heavy atom. The lowest BCUT2D eigenvalue weighted by atomic mass is 9.87. The number of carboxylic acids is 1. The molecule has 3 aromatic rings. The monoisotopic (exact) mass is 590 g/mol. The summed E-state index contributed by atoms with van der Waals surface area (Å²) in [4.78, 5) is 12.8. The fraction of sp³-hybridized carbons (Fsp3) is 0.483. The molecule has 0 fully saturated rings. The summed E-state index contributed by atoms with van der Waals surface area (Å²) in [5.74, 6) is -1.06. The predicted octanol–water partition coefficient (Wildman–Crippen LogP) is 7.01. The molecule has 2 aromatic carbocycles. The van der Waals surface area contributed by atoms with Crippen molar-refractivity contribution in [1.82, 2.24) is 4.57 Å². The number of aromatic nitrogens is 1. The Labute approximate surface area is 237 Å². The van der Waals surface area contributed by atoms with Crippen LogP contribution in [0.1, 0.15) is 43.7 Å². The van der Waals surface area contributed by atoms with Crippen LogP contribution >= 0.6 is 11.6 Å². The van der Waals surface area contributed by atoms with Gasteiger partial charge in [0.15, 0.2) is 6.10 Å². The Morgan fingerprint density at radius 2 is 1.74 bits per heavy atom. The smallest absolute Gasteiger partial charge is 0.337 e. The Bertz CT molecular complexity index is 1530. The number of hydrogen-bond donors (Lipinski definition) is 1. The molecule has 4 rings (SSSR count). The maximum atomic E-state index is 13.9. The van der Waals surface area contributed by atoms with Crippen molar-refractivity contribution in [2.24, 2.45) is 0 Å². The third-order valence-electron chi connectivity index (χ3n) is 7.14. The minimum Gasteiger partial charge on any atom is -0.479 e. The van der Waals surface area contributed by atoms with Gasteiger partial charge < -0.3 is 14.4 Å². The van der Waals surface area contributed by atoms with Gasteiger partial charge in [-0.15, -0.1) is 0 Å². The fourth-order valence-electron chi connectivity index (χ4n) is 5.32. The van der Waals surface area contributed by atoms with E-state index in [1.54, 1.807) is 12.1 Å². The molecule has 1 aliphatic heterocycles. The number of aryl methyl sites for hydroxylation is 1. The third-order valence-corrected chi connectivity index (χ3v) is 11.3. The molecule has 0 amide bonds. The molecule has 7 nitrogen and oxygen atoms in total. The lowest BCUT2D eigenvalue weighted by Gasteiger charge is -2.35. The Kier molecular flexibility index (Phi) is 7.79. The van der Waals surface area contributed by atoms with E-state index >= 15 is 0 Å². The highest BCUT2D eigenvalue weighted by Crippen LogP contribution is 2.48. The first kappa shape index (κ1) is 29.6. The summed E-state index contributed by atoms with van der Waals surface area (Å²) < 4.78 is 37.5. The number of carboxylic acid groups (broad SMARTS) is 1. The van der Waals surface area contributed by atoms with Gasteiger partial charge in [-0.1, -0.05) is 43.4 Å². The van der Waals surface area contributed by atoms with E-state index in [0.717, 1.165) is 27.7 Å². The lowest BCUT2D eigenvalue weighted by molar-refractivity contribution is -0.160. The van der Waals surface area contributed by atoms with Gasteiger partial charge in [-0.25, -0.2) is 13.2 Å². The topological polar surface area (TPSA) is 88.8 Å². The van der Waals surface area contributed by atoms with Crippen molar-refractivity contribution in [2.45, 2.75) is 78.6 Å². The lowest BCUT2D eigenvalue weighted by Crippen LogP contribution is -2.41. The van der Waals surface area contributed by atoms with E-state index in [1.165, 1.54) is 4.31 Å². The van der Waals surface area contributed by atoms with Gasteiger partial charge >= 0.3 is 5.97 Å².